The van der Waals surface area contributed by atoms with E-state index in [9.17, 15) is 13.2 Å². The van der Waals surface area contributed by atoms with Crippen molar-refractivity contribution >= 4 is 21.7 Å². The summed E-state index contributed by atoms with van der Waals surface area (Å²) in [7, 11) is -3.57. The Balaban J connectivity index is 1.93. The SMILES string of the molecule is CCCS(=O)(=O)N(Cc1ccccc1)c1ccc(C)cc1OCc1ccc(C(=O)O)cc1. The number of nitrogens with zero attached hydrogens (tertiary/aromatic N) is 1. The third-order valence-corrected chi connectivity index (χ3v) is 6.87. The highest BCUT2D eigenvalue weighted by atomic mass is 32.2. The zero-order valence-electron chi connectivity index (χ0n) is 18.2. The van der Waals surface area contributed by atoms with E-state index in [0.717, 1.165) is 16.7 Å². The summed E-state index contributed by atoms with van der Waals surface area (Å²) >= 11 is 0. The molecule has 0 saturated heterocycles. The minimum absolute atomic E-state index is 0.0315. The lowest BCUT2D eigenvalue weighted by molar-refractivity contribution is 0.0697. The molecule has 32 heavy (non-hydrogen) atoms. The molecule has 0 fully saturated rings. The Morgan fingerprint density at radius 2 is 1.66 bits per heavy atom. The normalized spacial score (nSPS) is 11.2. The van der Waals surface area contributed by atoms with Gasteiger partial charge in [0.1, 0.15) is 12.4 Å². The first-order chi connectivity index (χ1) is 15.3. The number of hydrogen-bond acceptors (Lipinski definition) is 4. The molecule has 0 unspecified atom stereocenters. The molecular weight excluding hydrogens is 426 g/mol. The van der Waals surface area contributed by atoms with Crippen LogP contribution in [0, 0.1) is 6.92 Å². The molecule has 0 aliphatic heterocycles. The number of benzene rings is 3. The zero-order valence-corrected chi connectivity index (χ0v) is 19.0. The number of carbonyl (C=O) groups is 1. The van der Waals surface area contributed by atoms with Crippen molar-refractivity contribution in [1.82, 2.24) is 0 Å². The Morgan fingerprint density at radius 3 is 2.28 bits per heavy atom. The van der Waals surface area contributed by atoms with E-state index in [1.165, 1.54) is 16.4 Å². The third kappa shape index (κ3) is 5.88. The molecule has 0 aliphatic carbocycles. The highest BCUT2D eigenvalue weighted by molar-refractivity contribution is 7.92. The molecule has 168 valence electrons. The van der Waals surface area contributed by atoms with Crippen LogP contribution in [0.15, 0.2) is 72.8 Å². The van der Waals surface area contributed by atoms with Gasteiger partial charge in [-0.2, -0.15) is 0 Å². The summed E-state index contributed by atoms with van der Waals surface area (Å²) in [4.78, 5) is 11.1. The molecule has 6 nitrogen and oxygen atoms in total. The molecule has 0 saturated carbocycles. The Bertz CT molecular complexity index is 1160. The first kappa shape index (κ1) is 23.3. The molecule has 0 radical (unpaired) electrons. The highest BCUT2D eigenvalue weighted by Crippen LogP contribution is 2.33. The van der Waals surface area contributed by atoms with Gasteiger partial charge in [0.25, 0.3) is 0 Å². The molecule has 0 amide bonds. The lowest BCUT2D eigenvalue weighted by atomic mass is 10.1. The second-order valence-electron chi connectivity index (χ2n) is 7.57. The van der Waals surface area contributed by atoms with Crippen molar-refractivity contribution in [3.8, 4) is 5.75 Å². The standard InChI is InChI=1S/C25H27NO5S/c1-3-15-32(29,30)26(17-20-7-5-4-6-8-20)23-14-9-19(2)16-24(23)31-18-21-10-12-22(13-11-21)25(27)28/h4-14,16H,3,15,17-18H2,1-2H3,(H,27,28). The fraction of sp³-hybridized carbons (Fsp3) is 0.240. The second-order valence-corrected chi connectivity index (χ2v) is 9.58. The first-order valence-electron chi connectivity index (χ1n) is 10.4. The molecule has 7 heteroatoms. The maximum Gasteiger partial charge on any atom is 0.335 e. The van der Waals surface area contributed by atoms with Crippen molar-refractivity contribution in [1.29, 1.82) is 0 Å². The van der Waals surface area contributed by atoms with Crippen LogP contribution in [0.25, 0.3) is 0 Å². The monoisotopic (exact) mass is 453 g/mol. The van der Waals surface area contributed by atoms with Crippen LogP contribution in [0.1, 0.15) is 40.4 Å². The van der Waals surface area contributed by atoms with Gasteiger partial charge in [0.2, 0.25) is 10.0 Å². The molecule has 0 bridgehead atoms. The van der Waals surface area contributed by atoms with E-state index in [2.05, 4.69) is 0 Å². The van der Waals surface area contributed by atoms with Crippen molar-refractivity contribution in [2.75, 3.05) is 10.1 Å². The second kappa shape index (κ2) is 10.3. The summed E-state index contributed by atoms with van der Waals surface area (Å²) in [6.07, 6.45) is 0.506. The maximum absolute atomic E-state index is 13.2. The molecule has 3 aromatic rings. The molecule has 0 atom stereocenters. The smallest absolute Gasteiger partial charge is 0.335 e. The average Bonchev–Trinajstić information content (AvgIpc) is 2.77. The summed E-state index contributed by atoms with van der Waals surface area (Å²) in [5.41, 5.74) is 3.29. The Labute approximate surface area is 189 Å². The number of aromatic carboxylic acids is 1. The van der Waals surface area contributed by atoms with Crippen molar-refractivity contribution in [3.05, 3.63) is 95.1 Å². The van der Waals surface area contributed by atoms with Crippen LogP contribution < -0.4 is 9.04 Å². The van der Waals surface area contributed by atoms with E-state index in [4.69, 9.17) is 9.84 Å². The van der Waals surface area contributed by atoms with Crippen LogP contribution in [0.4, 0.5) is 5.69 Å². The van der Waals surface area contributed by atoms with Crippen molar-refractivity contribution in [3.63, 3.8) is 0 Å². The zero-order chi connectivity index (χ0) is 23.1. The van der Waals surface area contributed by atoms with Gasteiger partial charge < -0.3 is 9.84 Å². The van der Waals surface area contributed by atoms with Gasteiger partial charge in [-0.15, -0.1) is 0 Å². The number of aryl methyl sites for hydroxylation is 1. The number of carboxylic acid groups (broad SMARTS) is 1. The lowest BCUT2D eigenvalue weighted by Gasteiger charge is -2.27. The summed E-state index contributed by atoms with van der Waals surface area (Å²) in [5.74, 6) is -0.497. The number of rotatable bonds is 10. The van der Waals surface area contributed by atoms with E-state index < -0.39 is 16.0 Å². The average molecular weight is 454 g/mol. The third-order valence-electron chi connectivity index (χ3n) is 4.95. The van der Waals surface area contributed by atoms with Crippen molar-refractivity contribution < 1.29 is 23.1 Å². The van der Waals surface area contributed by atoms with E-state index in [0.29, 0.717) is 17.9 Å². The summed E-state index contributed by atoms with van der Waals surface area (Å²) in [6, 6.07) is 21.3. The van der Waals surface area contributed by atoms with E-state index in [1.807, 2.05) is 56.3 Å². The molecule has 0 aromatic heterocycles. The Kier molecular flexibility index (Phi) is 7.53. The largest absolute Gasteiger partial charge is 0.487 e. The van der Waals surface area contributed by atoms with Gasteiger partial charge >= 0.3 is 5.97 Å². The summed E-state index contributed by atoms with van der Waals surface area (Å²) in [5, 5.41) is 9.06. The lowest BCUT2D eigenvalue weighted by Crippen LogP contribution is -2.32. The van der Waals surface area contributed by atoms with E-state index in [-0.39, 0.29) is 24.5 Å². The summed E-state index contributed by atoms with van der Waals surface area (Å²) in [6.45, 7) is 4.14. The number of hydrogen-bond donors (Lipinski definition) is 1. The van der Waals surface area contributed by atoms with Crippen LogP contribution >= 0.6 is 0 Å². The van der Waals surface area contributed by atoms with Gasteiger partial charge in [-0.3, -0.25) is 4.31 Å². The number of sulfonamides is 1. The fourth-order valence-electron chi connectivity index (χ4n) is 3.30. The van der Waals surface area contributed by atoms with Crippen LogP contribution in [0.5, 0.6) is 5.75 Å². The number of carboxylic acids is 1. The maximum atomic E-state index is 13.2. The van der Waals surface area contributed by atoms with Crippen molar-refractivity contribution in [2.24, 2.45) is 0 Å². The van der Waals surface area contributed by atoms with Gasteiger partial charge in [-0.1, -0.05) is 55.5 Å². The van der Waals surface area contributed by atoms with Crippen molar-refractivity contribution in [2.45, 2.75) is 33.4 Å². The first-order valence-corrected chi connectivity index (χ1v) is 12.0. The fourth-order valence-corrected chi connectivity index (χ4v) is 4.83. The van der Waals surface area contributed by atoms with Crippen LogP contribution in [-0.2, 0) is 23.2 Å². The highest BCUT2D eigenvalue weighted by Gasteiger charge is 2.25. The minimum Gasteiger partial charge on any atom is -0.487 e. The predicted molar refractivity (Wildman–Crippen MR) is 126 cm³/mol. The van der Waals surface area contributed by atoms with Crippen LogP contribution in [-0.4, -0.2) is 25.2 Å². The molecule has 3 rings (SSSR count). The number of anilines is 1. The van der Waals surface area contributed by atoms with Gasteiger partial charge in [-0.25, -0.2) is 13.2 Å². The van der Waals surface area contributed by atoms with Gasteiger partial charge in [0.15, 0.2) is 0 Å². The van der Waals surface area contributed by atoms with Crippen LogP contribution in [0.3, 0.4) is 0 Å². The molecule has 3 aromatic carbocycles. The summed E-state index contributed by atoms with van der Waals surface area (Å²) < 4.78 is 33.8. The van der Waals surface area contributed by atoms with E-state index in [1.54, 1.807) is 18.2 Å². The molecule has 1 N–H and O–H groups in total. The van der Waals surface area contributed by atoms with E-state index >= 15 is 0 Å². The van der Waals surface area contributed by atoms with Gasteiger partial charge in [-0.05, 0) is 54.3 Å². The molecular formula is C25H27NO5S. The number of ether oxygens (including phenoxy) is 1. The minimum atomic E-state index is -3.57. The van der Waals surface area contributed by atoms with Crippen LogP contribution in [0.2, 0.25) is 0 Å². The molecule has 0 spiro atoms. The quantitative estimate of drug-likeness (QED) is 0.466. The molecule has 0 aliphatic rings. The molecule has 0 heterocycles. The van der Waals surface area contributed by atoms with Gasteiger partial charge in [0.05, 0.1) is 23.5 Å². The Hall–Kier alpha value is -3.32. The predicted octanol–water partition coefficient (Wildman–Crippen LogP) is 5.02. The Morgan fingerprint density at radius 1 is 0.969 bits per heavy atom. The van der Waals surface area contributed by atoms with Gasteiger partial charge in [0, 0.05) is 0 Å². The topological polar surface area (TPSA) is 83.9 Å².